The summed E-state index contributed by atoms with van der Waals surface area (Å²) < 4.78 is 5.69. The maximum Gasteiger partial charge on any atom is 0.142 e. The molecule has 110 valence electrons. The first kappa shape index (κ1) is 14.4. The third kappa shape index (κ3) is 3.05. The fourth-order valence-corrected chi connectivity index (χ4v) is 3.28. The molecular weight excluding hydrogens is 297 g/mol. The Labute approximate surface area is 129 Å². The van der Waals surface area contributed by atoms with Crippen molar-refractivity contribution < 1.29 is 4.74 Å². The van der Waals surface area contributed by atoms with E-state index in [2.05, 4.69) is 22.4 Å². The van der Waals surface area contributed by atoms with Crippen LogP contribution >= 0.6 is 23.2 Å². The molecule has 0 spiro atoms. The van der Waals surface area contributed by atoms with Crippen molar-refractivity contribution in [1.29, 1.82) is 0 Å². The zero-order valence-corrected chi connectivity index (χ0v) is 13.0. The van der Waals surface area contributed by atoms with Crippen LogP contribution in [0.1, 0.15) is 18.0 Å². The Morgan fingerprint density at radius 2 is 1.95 bits per heavy atom. The molecule has 1 fully saturated rings. The highest BCUT2D eigenvalue weighted by Gasteiger charge is 2.26. The molecule has 1 unspecified atom stereocenters. The van der Waals surface area contributed by atoms with Gasteiger partial charge in [-0.15, -0.1) is 0 Å². The number of rotatable bonds is 2. The minimum atomic E-state index is 0.221. The Balaban J connectivity index is 1.76. The summed E-state index contributed by atoms with van der Waals surface area (Å²) in [5, 5.41) is 3.54. The lowest BCUT2D eigenvalue weighted by atomic mass is 10.0. The van der Waals surface area contributed by atoms with Crippen LogP contribution in [-0.4, -0.2) is 49.7 Å². The number of benzene rings is 1. The number of fused-ring (bicyclic) bond motifs is 1. The molecule has 2 aliphatic rings. The second-order valence-electron chi connectivity index (χ2n) is 5.42. The van der Waals surface area contributed by atoms with Crippen molar-refractivity contribution in [3.63, 3.8) is 0 Å². The average Bonchev–Trinajstić information content (AvgIpc) is 2.42. The minimum absolute atomic E-state index is 0.221. The number of hydrogen-bond acceptors (Lipinski definition) is 4. The van der Waals surface area contributed by atoms with Gasteiger partial charge in [-0.3, -0.25) is 0 Å². The summed E-state index contributed by atoms with van der Waals surface area (Å²) in [6, 6.07) is 3.91. The Hall–Kier alpha value is -0.520. The Kier molecular flexibility index (Phi) is 4.38. The highest BCUT2D eigenvalue weighted by atomic mass is 35.5. The first-order valence-electron chi connectivity index (χ1n) is 6.95. The first-order chi connectivity index (χ1) is 9.63. The lowest BCUT2D eigenvalue weighted by molar-refractivity contribution is 0.0758. The summed E-state index contributed by atoms with van der Waals surface area (Å²) >= 11 is 12.3. The summed E-state index contributed by atoms with van der Waals surface area (Å²) in [6.07, 6.45) is 0.927. The van der Waals surface area contributed by atoms with E-state index in [0.29, 0.717) is 16.7 Å². The molecule has 2 aliphatic heterocycles. The van der Waals surface area contributed by atoms with Crippen molar-refractivity contribution in [2.75, 3.05) is 39.8 Å². The summed E-state index contributed by atoms with van der Waals surface area (Å²) in [7, 11) is 2.15. The topological polar surface area (TPSA) is 27.7 Å². The molecule has 1 aromatic carbocycles. The number of nitrogens with one attached hydrogen (secondary N) is 1. The quantitative estimate of drug-likeness (QED) is 0.908. The molecule has 1 saturated heterocycles. The van der Waals surface area contributed by atoms with Gasteiger partial charge in [0, 0.05) is 43.2 Å². The van der Waals surface area contributed by atoms with Gasteiger partial charge in [0.15, 0.2) is 0 Å². The SMILES string of the molecule is CN1CCN(NC2CCOc3c(Cl)cc(Cl)cc32)CC1. The number of piperazine rings is 1. The Bertz CT molecular complexity index is 490. The molecule has 4 nitrogen and oxygen atoms in total. The van der Waals surface area contributed by atoms with E-state index in [-0.39, 0.29) is 6.04 Å². The standard InChI is InChI=1S/C14H19Cl2N3O/c1-18-3-5-19(6-4-18)17-13-2-7-20-14-11(13)8-10(15)9-12(14)16/h8-9,13,17H,2-7H2,1H3. The molecule has 2 heterocycles. The predicted octanol–water partition coefficient (Wildman–Crippen LogP) is 2.57. The maximum atomic E-state index is 6.22. The molecule has 0 radical (unpaired) electrons. The summed E-state index contributed by atoms with van der Waals surface area (Å²) in [6.45, 7) is 4.90. The maximum absolute atomic E-state index is 6.22. The molecule has 1 aromatic rings. The van der Waals surface area contributed by atoms with Gasteiger partial charge in [0.1, 0.15) is 5.75 Å². The van der Waals surface area contributed by atoms with Gasteiger partial charge in [0.25, 0.3) is 0 Å². The lowest BCUT2D eigenvalue weighted by Crippen LogP contribution is -2.52. The van der Waals surface area contributed by atoms with Crippen molar-refractivity contribution in [2.45, 2.75) is 12.5 Å². The van der Waals surface area contributed by atoms with Crippen molar-refractivity contribution >= 4 is 23.2 Å². The molecule has 0 amide bonds. The van der Waals surface area contributed by atoms with Gasteiger partial charge >= 0.3 is 0 Å². The highest BCUT2D eigenvalue weighted by Crippen LogP contribution is 2.40. The molecule has 0 aliphatic carbocycles. The van der Waals surface area contributed by atoms with E-state index in [1.807, 2.05) is 6.07 Å². The van der Waals surface area contributed by atoms with Crippen molar-refractivity contribution in [3.05, 3.63) is 27.7 Å². The zero-order chi connectivity index (χ0) is 14.1. The molecule has 6 heteroatoms. The van der Waals surface area contributed by atoms with Crippen LogP contribution in [-0.2, 0) is 0 Å². The molecule has 1 atom stereocenters. The number of likely N-dealkylation sites (N-methyl/N-ethyl adjacent to an activating group) is 1. The van der Waals surface area contributed by atoms with Gasteiger partial charge < -0.3 is 9.64 Å². The van der Waals surface area contributed by atoms with Gasteiger partial charge in [-0.1, -0.05) is 23.2 Å². The number of hydrogen-bond donors (Lipinski definition) is 1. The van der Waals surface area contributed by atoms with Crippen LogP contribution in [0, 0.1) is 0 Å². The molecule has 1 N–H and O–H groups in total. The Morgan fingerprint density at radius 1 is 1.20 bits per heavy atom. The van der Waals surface area contributed by atoms with Gasteiger partial charge in [-0.25, -0.2) is 10.4 Å². The predicted molar refractivity (Wildman–Crippen MR) is 81.5 cm³/mol. The van der Waals surface area contributed by atoms with Crippen LogP contribution in [0.4, 0.5) is 0 Å². The minimum Gasteiger partial charge on any atom is -0.492 e. The van der Waals surface area contributed by atoms with Gasteiger partial charge in [0.2, 0.25) is 0 Å². The second kappa shape index (κ2) is 6.08. The van der Waals surface area contributed by atoms with Crippen molar-refractivity contribution in [1.82, 2.24) is 15.3 Å². The number of hydrazine groups is 1. The van der Waals surface area contributed by atoms with Gasteiger partial charge in [-0.2, -0.15) is 0 Å². The molecule has 0 aromatic heterocycles. The van der Waals surface area contributed by atoms with Crippen LogP contribution < -0.4 is 10.2 Å². The zero-order valence-electron chi connectivity index (χ0n) is 11.5. The van der Waals surface area contributed by atoms with E-state index >= 15 is 0 Å². The van der Waals surface area contributed by atoms with Crippen LogP contribution in [0.5, 0.6) is 5.75 Å². The van der Waals surface area contributed by atoms with Crippen LogP contribution in [0.15, 0.2) is 12.1 Å². The molecular formula is C14H19Cl2N3O. The number of nitrogens with zero attached hydrogens (tertiary/aromatic N) is 2. The molecule has 3 rings (SSSR count). The smallest absolute Gasteiger partial charge is 0.142 e. The summed E-state index contributed by atoms with van der Waals surface area (Å²) in [5.41, 5.74) is 4.66. The van der Waals surface area contributed by atoms with E-state index in [9.17, 15) is 0 Å². The highest BCUT2D eigenvalue weighted by molar-refractivity contribution is 6.35. The fraction of sp³-hybridized carbons (Fsp3) is 0.571. The van der Waals surface area contributed by atoms with E-state index in [1.165, 1.54) is 0 Å². The lowest BCUT2D eigenvalue weighted by Gasteiger charge is -2.37. The molecule has 0 saturated carbocycles. The van der Waals surface area contributed by atoms with E-state index in [4.69, 9.17) is 27.9 Å². The van der Waals surface area contributed by atoms with E-state index < -0.39 is 0 Å². The van der Waals surface area contributed by atoms with Crippen LogP contribution in [0.25, 0.3) is 0 Å². The monoisotopic (exact) mass is 315 g/mol. The van der Waals surface area contributed by atoms with E-state index in [0.717, 1.165) is 43.9 Å². The third-order valence-electron chi connectivity index (χ3n) is 3.91. The van der Waals surface area contributed by atoms with Crippen molar-refractivity contribution in [3.8, 4) is 5.75 Å². The summed E-state index contributed by atoms with van der Waals surface area (Å²) in [4.78, 5) is 2.34. The van der Waals surface area contributed by atoms with Gasteiger partial charge in [-0.05, 0) is 19.2 Å². The normalized spacial score (nSPS) is 24.2. The first-order valence-corrected chi connectivity index (χ1v) is 7.70. The Morgan fingerprint density at radius 3 is 2.70 bits per heavy atom. The third-order valence-corrected chi connectivity index (χ3v) is 4.41. The van der Waals surface area contributed by atoms with Crippen molar-refractivity contribution in [2.24, 2.45) is 0 Å². The fourth-order valence-electron chi connectivity index (χ4n) is 2.72. The van der Waals surface area contributed by atoms with Gasteiger partial charge in [0.05, 0.1) is 17.7 Å². The largest absolute Gasteiger partial charge is 0.492 e. The van der Waals surface area contributed by atoms with E-state index in [1.54, 1.807) is 6.07 Å². The second-order valence-corrected chi connectivity index (χ2v) is 6.26. The van der Waals surface area contributed by atoms with Crippen LogP contribution in [0.2, 0.25) is 10.0 Å². The van der Waals surface area contributed by atoms with Crippen LogP contribution in [0.3, 0.4) is 0 Å². The summed E-state index contributed by atoms with van der Waals surface area (Å²) in [5.74, 6) is 0.772. The molecule has 20 heavy (non-hydrogen) atoms. The number of halogens is 2. The molecule has 0 bridgehead atoms. The number of ether oxygens (including phenoxy) is 1. The average molecular weight is 316 g/mol.